The molecule has 162 valence electrons. The summed E-state index contributed by atoms with van der Waals surface area (Å²) in [5, 5.41) is 6.63. The molecule has 1 atom stereocenters. The first-order valence-electron chi connectivity index (χ1n) is 9.81. The third kappa shape index (κ3) is 5.59. The Morgan fingerprint density at radius 3 is 2.71 bits per heavy atom. The van der Waals surface area contributed by atoms with Crippen LogP contribution >= 0.6 is 23.8 Å². The summed E-state index contributed by atoms with van der Waals surface area (Å²) in [6.07, 6.45) is -0.787. The van der Waals surface area contributed by atoms with Crippen molar-refractivity contribution in [2.45, 2.75) is 19.5 Å². The summed E-state index contributed by atoms with van der Waals surface area (Å²) >= 11 is 11.6. The Balaban J connectivity index is 1.87. The van der Waals surface area contributed by atoms with Crippen LogP contribution in [0.15, 0.2) is 53.5 Å². The lowest BCUT2D eigenvalue weighted by atomic mass is 10.0. The molecule has 1 aliphatic rings. The number of rotatable bonds is 6. The molecule has 0 bridgehead atoms. The number of benzene rings is 2. The van der Waals surface area contributed by atoms with Crippen LogP contribution in [-0.2, 0) is 14.3 Å². The van der Waals surface area contributed by atoms with Gasteiger partial charge < -0.3 is 20.3 Å². The Labute approximate surface area is 191 Å². The van der Waals surface area contributed by atoms with Crippen LogP contribution < -0.4 is 15.5 Å². The molecule has 9 heteroatoms. The average molecular weight is 459 g/mol. The molecule has 1 amide bonds. The third-order valence-electron chi connectivity index (χ3n) is 4.63. The fourth-order valence-electron chi connectivity index (χ4n) is 3.15. The number of esters is 1. The van der Waals surface area contributed by atoms with Gasteiger partial charge in [-0.05, 0) is 37.3 Å². The lowest BCUT2D eigenvalue weighted by Gasteiger charge is -2.22. The number of ether oxygens (including phenoxy) is 1. The molecule has 0 aromatic heterocycles. The number of halogens is 1. The van der Waals surface area contributed by atoms with Crippen molar-refractivity contribution < 1.29 is 14.3 Å². The van der Waals surface area contributed by atoms with E-state index in [4.69, 9.17) is 33.5 Å². The standard InChI is InChI=1S/C22H23ClN4O3S/c1-3-30-18(28)11-12-24-22(31)26-20-21(29)27(2)17-10-9-15(23)13-16(17)19(25-20)14-7-5-4-6-8-14/h4-10,13,20H,3,11-12H2,1-2H3,(H2,24,26,31). The van der Waals surface area contributed by atoms with E-state index in [9.17, 15) is 9.59 Å². The summed E-state index contributed by atoms with van der Waals surface area (Å²) in [5.74, 6) is -0.594. The normalized spacial score (nSPS) is 15.5. The highest BCUT2D eigenvalue weighted by atomic mass is 35.5. The van der Waals surface area contributed by atoms with Gasteiger partial charge in [-0.1, -0.05) is 41.9 Å². The van der Waals surface area contributed by atoms with Crippen LogP contribution in [-0.4, -0.2) is 49.1 Å². The number of fused-ring (bicyclic) bond motifs is 1. The fraction of sp³-hybridized carbons (Fsp3) is 0.273. The maximum absolute atomic E-state index is 13.1. The van der Waals surface area contributed by atoms with Crippen LogP contribution in [0.1, 0.15) is 24.5 Å². The van der Waals surface area contributed by atoms with Crippen LogP contribution in [0, 0.1) is 0 Å². The molecular formula is C22H23ClN4O3S. The monoisotopic (exact) mass is 458 g/mol. The first kappa shape index (κ1) is 22.7. The maximum Gasteiger partial charge on any atom is 0.307 e. The second-order valence-corrected chi connectivity index (χ2v) is 7.60. The van der Waals surface area contributed by atoms with E-state index < -0.39 is 6.17 Å². The molecule has 0 aliphatic carbocycles. The molecule has 2 aromatic carbocycles. The Morgan fingerprint density at radius 2 is 2.00 bits per heavy atom. The molecule has 3 rings (SSSR count). The first-order chi connectivity index (χ1) is 14.9. The number of anilines is 1. The Bertz CT molecular complexity index is 1010. The zero-order valence-electron chi connectivity index (χ0n) is 17.2. The van der Waals surface area contributed by atoms with Gasteiger partial charge in [0.2, 0.25) is 6.17 Å². The van der Waals surface area contributed by atoms with E-state index in [0.29, 0.717) is 23.0 Å². The molecule has 31 heavy (non-hydrogen) atoms. The summed E-state index contributed by atoms with van der Waals surface area (Å²) in [6.45, 7) is 2.36. The number of aliphatic imine (C=N–C) groups is 1. The molecule has 1 heterocycles. The van der Waals surface area contributed by atoms with Gasteiger partial charge in [0.25, 0.3) is 5.91 Å². The molecule has 0 saturated heterocycles. The molecule has 1 aliphatic heterocycles. The van der Waals surface area contributed by atoms with Gasteiger partial charge >= 0.3 is 5.97 Å². The van der Waals surface area contributed by atoms with Crippen molar-refractivity contribution in [3.63, 3.8) is 0 Å². The molecule has 0 fully saturated rings. The zero-order chi connectivity index (χ0) is 22.4. The molecule has 7 nitrogen and oxygen atoms in total. The topological polar surface area (TPSA) is 83.0 Å². The minimum Gasteiger partial charge on any atom is -0.466 e. The Morgan fingerprint density at radius 1 is 1.26 bits per heavy atom. The van der Waals surface area contributed by atoms with Crippen molar-refractivity contribution in [2.24, 2.45) is 4.99 Å². The van der Waals surface area contributed by atoms with Gasteiger partial charge in [-0.3, -0.25) is 9.59 Å². The van der Waals surface area contributed by atoms with Crippen molar-refractivity contribution in [1.29, 1.82) is 0 Å². The van der Waals surface area contributed by atoms with Gasteiger partial charge in [0.05, 0.1) is 24.4 Å². The van der Waals surface area contributed by atoms with Gasteiger partial charge in [0.1, 0.15) is 0 Å². The lowest BCUT2D eigenvalue weighted by Crippen LogP contribution is -2.49. The van der Waals surface area contributed by atoms with E-state index >= 15 is 0 Å². The fourth-order valence-corrected chi connectivity index (χ4v) is 3.54. The quantitative estimate of drug-likeness (QED) is 0.511. The van der Waals surface area contributed by atoms with Gasteiger partial charge in [-0.2, -0.15) is 0 Å². The number of benzodiazepines with no additional fused rings is 1. The van der Waals surface area contributed by atoms with Gasteiger partial charge in [0.15, 0.2) is 5.11 Å². The van der Waals surface area contributed by atoms with E-state index in [0.717, 1.165) is 11.1 Å². The third-order valence-corrected chi connectivity index (χ3v) is 5.13. The van der Waals surface area contributed by atoms with Crippen LogP contribution in [0.25, 0.3) is 0 Å². The largest absolute Gasteiger partial charge is 0.466 e. The van der Waals surface area contributed by atoms with E-state index in [1.54, 1.807) is 32.2 Å². The summed E-state index contributed by atoms with van der Waals surface area (Å²) < 4.78 is 4.89. The van der Waals surface area contributed by atoms with Crippen molar-refractivity contribution in [2.75, 3.05) is 25.1 Å². The van der Waals surface area contributed by atoms with Gasteiger partial charge in [-0.25, -0.2) is 4.99 Å². The molecule has 0 saturated carbocycles. The second kappa shape index (κ2) is 10.4. The number of carbonyl (C=O) groups is 2. The molecular weight excluding hydrogens is 436 g/mol. The van der Waals surface area contributed by atoms with Crippen molar-refractivity contribution >= 4 is 52.2 Å². The van der Waals surface area contributed by atoms with Crippen molar-refractivity contribution in [1.82, 2.24) is 10.6 Å². The van der Waals surface area contributed by atoms with Crippen LogP contribution in [0.3, 0.4) is 0 Å². The molecule has 0 spiro atoms. The molecule has 2 aromatic rings. The Hall–Kier alpha value is -2.97. The SMILES string of the molecule is CCOC(=O)CCNC(=S)NC1N=C(c2ccccc2)c2cc(Cl)ccc2N(C)C1=O. The highest BCUT2D eigenvalue weighted by Gasteiger charge is 2.30. The van der Waals surface area contributed by atoms with Crippen molar-refractivity contribution in [3.05, 3.63) is 64.7 Å². The molecule has 1 unspecified atom stereocenters. The van der Waals surface area contributed by atoms with E-state index in [1.807, 2.05) is 30.3 Å². The van der Waals surface area contributed by atoms with Crippen LogP contribution in [0.5, 0.6) is 0 Å². The number of hydrogen-bond donors (Lipinski definition) is 2. The highest BCUT2D eigenvalue weighted by molar-refractivity contribution is 7.80. The molecule has 2 N–H and O–H groups in total. The minimum absolute atomic E-state index is 0.163. The zero-order valence-corrected chi connectivity index (χ0v) is 18.8. The number of nitrogens with one attached hydrogen (secondary N) is 2. The maximum atomic E-state index is 13.1. The van der Waals surface area contributed by atoms with Gasteiger partial charge in [-0.15, -0.1) is 0 Å². The highest BCUT2D eigenvalue weighted by Crippen LogP contribution is 2.29. The second-order valence-electron chi connectivity index (χ2n) is 6.76. The number of nitrogens with zero attached hydrogens (tertiary/aromatic N) is 2. The number of carbonyl (C=O) groups excluding carboxylic acids is 2. The van der Waals surface area contributed by atoms with E-state index in [-0.39, 0.29) is 30.0 Å². The molecule has 0 radical (unpaired) electrons. The minimum atomic E-state index is -0.950. The average Bonchev–Trinajstić information content (AvgIpc) is 2.85. The summed E-state index contributed by atoms with van der Waals surface area (Å²) in [5.41, 5.74) is 2.92. The first-order valence-corrected chi connectivity index (χ1v) is 10.6. The smallest absolute Gasteiger partial charge is 0.307 e. The predicted molar refractivity (Wildman–Crippen MR) is 126 cm³/mol. The van der Waals surface area contributed by atoms with Crippen molar-refractivity contribution in [3.8, 4) is 0 Å². The van der Waals surface area contributed by atoms with Crippen LogP contribution in [0.2, 0.25) is 5.02 Å². The van der Waals surface area contributed by atoms with Crippen LogP contribution in [0.4, 0.5) is 5.69 Å². The summed E-state index contributed by atoms with van der Waals surface area (Å²) in [7, 11) is 1.68. The number of hydrogen-bond acceptors (Lipinski definition) is 5. The summed E-state index contributed by atoms with van der Waals surface area (Å²) in [6, 6.07) is 14.9. The van der Waals surface area contributed by atoms with E-state index in [1.165, 1.54) is 4.90 Å². The lowest BCUT2D eigenvalue weighted by molar-refractivity contribution is -0.142. The summed E-state index contributed by atoms with van der Waals surface area (Å²) in [4.78, 5) is 30.9. The van der Waals surface area contributed by atoms with Gasteiger partial charge in [0, 0.05) is 29.7 Å². The Kier molecular flexibility index (Phi) is 7.59. The number of thiocarbonyl (C=S) groups is 1. The number of amides is 1. The predicted octanol–water partition coefficient (Wildman–Crippen LogP) is 2.90. The van der Waals surface area contributed by atoms with E-state index in [2.05, 4.69) is 10.6 Å². The number of likely N-dealkylation sites (N-methyl/N-ethyl adjacent to an activating group) is 1.